The van der Waals surface area contributed by atoms with Gasteiger partial charge in [-0.2, -0.15) is 5.10 Å². The van der Waals surface area contributed by atoms with E-state index in [1.807, 2.05) is 47.4 Å². The number of aromatic nitrogens is 2. The van der Waals surface area contributed by atoms with Gasteiger partial charge in [0.2, 0.25) is 0 Å². The first kappa shape index (κ1) is 19.3. The Morgan fingerprint density at radius 2 is 1.90 bits per heavy atom. The van der Waals surface area contributed by atoms with Crippen molar-refractivity contribution in [1.82, 2.24) is 15.1 Å². The third-order valence-corrected chi connectivity index (χ3v) is 5.49. The van der Waals surface area contributed by atoms with Crippen LogP contribution in [0, 0.1) is 6.92 Å². The van der Waals surface area contributed by atoms with Crippen LogP contribution < -0.4 is 9.64 Å². The fraction of sp³-hybridized carbons (Fsp3) is 0.273. The zero-order valence-electron chi connectivity index (χ0n) is 16.5. The summed E-state index contributed by atoms with van der Waals surface area (Å²) >= 11 is 6.16. The number of benzene rings is 2. The number of carbonyl (C=O) groups is 1. The van der Waals surface area contributed by atoms with Crippen LogP contribution in [0.25, 0.3) is 11.3 Å². The van der Waals surface area contributed by atoms with Crippen LogP contribution in [0.1, 0.15) is 16.1 Å². The topological polar surface area (TPSA) is 61.5 Å². The Balaban J connectivity index is 1.44. The molecule has 2 heterocycles. The molecule has 0 aliphatic carbocycles. The molecule has 1 aliphatic rings. The summed E-state index contributed by atoms with van der Waals surface area (Å²) in [7, 11) is 1.63. The van der Waals surface area contributed by atoms with Gasteiger partial charge in [-0.1, -0.05) is 29.8 Å². The van der Waals surface area contributed by atoms with Crippen molar-refractivity contribution in [3.05, 3.63) is 64.8 Å². The quantitative estimate of drug-likeness (QED) is 0.706. The lowest BCUT2D eigenvalue weighted by molar-refractivity contribution is 0.0741. The van der Waals surface area contributed by atoms with Gasteiger partial charge in [-0.05, 0) is 42.8 Å². The van der Waals surface area contributed by atoms with Crippen LogP contribution in [-0.2, 0) is 0 Å². The number of hydrogen-bond donors (Lipinski definition) is 1. The van der Waals surface area contributed by atoms with Crippen LogP contribution in [0.4, 0.5) is 5.69 Å². The average Bonchev–Trinajstić information content (AvgIpc) is 3.25. The molecule has 1 aromatic heterocycles. The molecule has 1 N–H and O–H groups in total. The lowest BCUT2D eigenvalue weighted by atomic mass is 10.1. The van der Waals surface area contributed by atoms with E-state index >= 15 is 0 Å². The molecule has 0 radical (unpaired) electrons. The zero-order chi connectivity index (χ0) is 20.4. The average molecular weight is 411 g/mol. The summed E-state index contributed by atoms with van der Waals surface area (Å²) in [6.07, 6.45) is 0. The summed E-state index contributed by atoms with van der Waals surface area (Å²) in [5.41, 5.74) is 4.44. The first-order valence-electron chi connectivity index (χ1n) is 9.55. The maximum atomic E-state index is 12.9. The van der Waals surface area contributed by atoms with Crippen molar-refractivity contribution in [2.24, 2.45) is 0 Å². The van der Waals surface area contributed by atoms with Crippen LogP contribution in [0.5, 0.6) is 5.75 Å². The number of ether oxygens (including phenoxy) is 1. The number of nitrogens with one attached hydrogen (secondary N) is 1. The molecule has 29 heavy (non-hydrogen) atoms. The van der Waals surface area contributed by atoms with E-state index in [4.69, 9.17) is 16.3 Å². The molecule has 2 aromatic carbocycles. The van der Waals surface area contributed by atoms with Crippen molar-refractivity contribution >= 4 is 23.2 Å². The summed E-state index contributed by atoms with van der Waals surface area (Å²) in [6, 6.07) is 15.3. The Hall–Kier alpha value is -2.99. The summed E-state index contributed by atoms with van der Waals surface area (Å²) in [5, 5.41) is 7.92. The summed E-state index contributed by atoms with van der Waals surface area (Å²) in [4.78, 5) is 17.1. The minimum atomic E-state index is -0.0332. The Labute approximate surface area is 175 Å². The van der Waals surface area contributed by atoms with Crippen LogP contribution in [0.2, 0.25) is 5.02 Å². The van der Waals surface area contributed by atoms with E-state index in [9.17, 15) is 4.79 Å². The maximum Gasteiger partial charge on any atom is 0.272 e. The number of aromatic amines is 1. The van der Waals surface area contributed by atoms with Gasteiger partial charge in [0.15, 0.2) is 0 Å². The number of methoxy groups -OCH3 is 1. The van der Waals surface area contributed by atoms with Gasteiger partial charge < -0.3 is 14.5 Å². The molecule has 0 saturated carbocycles. The summed E-state index contributed by atoms with van der Waals surface area (Å²) < 4.78 is 5.26. The molecule has 0 bridgehead atoms. The first-order valence-corrected chi connectivity index (χ1v) is 9.93. The second-order valence-electron chi connectivity index (χ2n) is 7.11. The summed E-state index contributed by atoms with van der Waals surface area (Å²) in [6.45, 7) is 4.91. The van der Waals surface area contributed by atoms with Gasteiger partial charge in [-0.3, -0.25) is 9.89 Å². The van der Waals surface area contributed by atoms with E-state index in [2.05, 4.69) is 22.0 Å². The maximum absolute atomic E-state index is 12.9. The van der Waals surface area contributed by atoms with Gasteiger partial charge in [0.05, 0.1) is 12.8 Å². The minimum Gasteiger partial charge on any atom is -0.497 e. The third-order valence-electron chi connectivity index (χ3n) is 5.25. The molecule has 0 spiro atoms. The fourth-order valence-electron chi connectivity index (χ4n) is 3.61. The van der Waals surface area contributed by atoms with Crippen LogP contribution in [-0.4, -0.2) is 54.3 Å². The fourth-order valence-corrected chi connectivity index (χ4v) is 3.77. The van der Waals surface area contributed by atoms with Crippen molar-refractivity contribution in [2.75, 3.05) is 38.2 Å². The smallest absolute Gasteiger partial charge is 0.272 e. The molecule has 6 nitrogen and oxygen atoms in total. The standard InChI is InChI=1S/C22H23ClN4O2/c1-15-6-7-17(23)13-21(15)26-8-10-27(11-9-26)22(28)20-14-19(24-25-20)16-4-3-5-18(12-16)29-2/h3-7,12-14H,8-11H2,1-2H3,(H,24,25). The van der Waals surface area contributed by atoms with Gasteiger partial charge >= 0.3 is 0 Å². The second kappa shape index (κ2) is 8.17. The molecule has 4 rings (SSSR count). The van der Waals surface area contributed by atoms with E-state index in [-0.39, 0.29) is 5.91 Å². The molecule has 0 unspecified atom stereocenters. The Morgan fingerprint density at radius 1 is 1.10 bits per heavy atom. The SMILES string of the molecule is COc1cccc(-c2cc(C(=O)N3CCN(c4cc(Cl)ccc4C)CC3)[nH]n2)c1. The lowest BCUT2D eigenvalue weighted by Gasteiger charge is -2.36. The third kappa shape index (κ3) is 4.07. The largest absolute Gasteiger partial charge is 0.497 e. The highest BCUT2D eigenvalue weighted by atomic mass is 35.5. The van der Waals surface area contributed by atoms with Crippen molar-refractivity contribution in [1.29, 1.82) is 0 Å². The number of aryl methyl sites for hydroxylation is 1. The number of halogens is 1. The summed E-state index contributed by atoms with van der Waals surface area (Å²) in [5.74, 6) is 0.722. The number of carbonyl (C=O) groups excluding carboxylic acids is 1. The van der Waals surface area contributed by atoms with E-state index in [0.717, 1.165) is 40.8 Å². The number of nitrogens with zero attached hydrogens (tertiary/aromatic N) is 3. The molecule has 0 atom stereocenters. The van der Waals surface area contributed by atoms with Crippen molar-refractivity contribution in [2.45, 2.75) is 6.92 Å². The highest BCUT2D eigenvalue weighted by molar-refractivity contribution is 6.30. The number of amides is 1. The zero-order valence-corrected chi connectivity index (χ0v) is 17.2. The molecule has 1 saturated heterocycles. The first-order chi connectivity index (χ1) is 14.0. The number of rotatable bonds is 4. The van der Waals surface area contributed by atoms with Gasteiger partial charge in [-0.25, -0.2) is 0 Å². The van der Waals surface area contributed by atoms with Crippen LogP contribution in [0.3, 0.4) is 0 Å². The molecule has 150 valence electrons. The minimum absolute atomic E-state index is 0.0332. The van der Waals surface area contributed by atoms with E-state index in [0.29, 0.717) is 18.8 Å². The Morgan fingerprint density at radius 3 is 2.66 bits per heavy atom. The molecular formula is C22H23ClN4O2. The van der Waals surface area contributed by atoms with E-state index < -0.39 is 0 Å². The van der Waals surface area contributed by atoms with Crippen molar-refractivity contribution in [3.8, 4) is 17.0 Å². The van der Waals surface area contributed by atoms with Gasteiger partial charge in [-0.15, -0.1) is 0 Å². The van der Waals surface area contributed by atoms with Crippen LogP contribution >= 0.6 is 11.6 Å². The highest BCUT2D eigenvalue weighted by Crippen LogP contribution is 2.26. The lowest BCUT2D eigenvalue weighted by Crippen LogP contribution is -2.49. The number of anilines is 1. The molecule has 3 aromatic rings. The Bertz CT molecular complexity index is 1030. The Kier molecular flexibility index (Phi) is 5.45. The number of hydrogen-bond acceptors (Lipinski definition) is 4. The number of H-pyrrole nitrogens is 1. The predicted octanol–water partition coefficient (Wildman–Crippen LogP) is 4.01. The molecule has 7 heteroatoms. The van der Waals surface area contributed by atoms with Crippen molar-refractivity contribution < 1.29 is 9.53 Å². The normalized spacial score (nSPS) is 14.2. The molecular weight excluding hydrogens is 388 g/mol. The molecule has 1 aliphatic heterocycles. The van der Waals surface area contributed by atoms with Gasteiger partial charge in [0, 0.05) is 42.5 Å². The van der Waals surface area contributed by atoms with Crippen LogP contribution in [0.15, 0.2) is 48.5 Å². The monoisotopic (exact) mass is 410 g/mol. The highest BCUT2D eigenvalue weighted by Gasteiger charge is 2.24. The number of piperazine rings is 1. The molecule has 1 fully saturated rings. The van der Waals surface area contributed by atoms with E-state index in [1.54, 1.807) is 13.2 Å². The van der Waals surface area contributed by atoms with Crippen molar-refractivity contribution in [3.63, 3.8) is 0 Å². The molecule has 1 amide bonds. The van der Waals surface area contributed by atoms with E-state index in [1.165, 1.54) is 5.56 Å². The predicted molar refractivity (Wildman–Crippen MR) is 115 cm³/mol. The van der Waals surface area contributed by atoms with Gasteiger partial charge in [0.25, 0.3) is 5.91 Å². The van der Waals surface area contributed by atoms with Gasteiger partial charge in [0.1, 0.15) is 11.4 Å². The second-order valence-corrected chi connectivity index (χ2v) is 7.55.